The molecule has 0 radical (unpaired) electrons. The van der Waals surface area contributed by atoms with Crippen molar-refractivity contribution in [3.05, 3.63) is 64.7 Å². The van der Waals surface area contributed by atoms with E-state index < -0.39 is 22.2 Å². The van der Waals surface area contributed by atoms with Crippen molar-refractivity contribution in [1.29, 1.82) is 0 Å². The second kappa shape index (κ2) is 8.45. The zero-order valence-electron chi connectivity index (χ0n) is 19.1. The number of aliphatic hydroxyl groups is 1. The molecule has 1 N–H and O–H groups in total. The highest BCUT2D eigenvalue weighted by atomic mass is 32.2. The molecule has 2 aromatic rings. The Hall–Kier alpha value is -1.69. The summed E-state index contributed by atoms with van der Waals surface area (Å²) in [6, 6.07) is 12.7. The van der Waals surface area contributed by atoms with Crippen molar-refractivity contribution in [3.8, 4) is 0 Å². The summed E-state index contributed by atoms with van der Waals surface area (Å²) >= 11 is 0. The van der Waals surface area contributed by atoms with Crippen molar-refractivity contribution >= 4 is 10.0 Å². The first-order chi connectivity index (χ1) is 14.0. The molecule has 1 heterocycles. The van der Waals surface area contributed by atoms with Gasteiger partial charge in [0.2, 0.25) is 10.0 Å². The summed E-state index contributed by atoms with van der Waals surface area (Å²) in [5.74, 6) is 0.488. The Morgan fingerprint density at radius 3 is 1.77 bits per heavy atom. The summed E-state index contributed by atoms with van der Waals surface area (Å²) in [6.45, 7) is 14.3. The van der Waals surface area contributed by atoms with Gasteiger partial charge >= 0.3 is 0 Å². The third-order valence-corrected chi connectivity index (χ3v) is 8.30. The van der Waals surface area contributed by atoms with E-state index in [-0.39, 0.29) is 17.9 Å². The summed E-state index contributed by atoms with van der Waals surface area (Å²) in [7, 11) is -3.74. The lowest BCUT2D eigenvalue weighted by Gasteiger charge is -2.23. The molecule has 1 saturated heterocycles. The Kier molecular flexibility index (Phi) is 6.47. The van der Waals surface area contributed by atoms with Gasteiger partial charge in [0, 0.05) is 6.04 Å². The number of hydrogen-bond donors (Lipinski definition) is 1. The third-order valence-electron chi connectivity index (χ3n) is 6.18. The molecule has 1 aliphatic rings. The first kappa shape index (κ1) is 23.0. The lowest BCUT2D eigenvalue weighted by molar-refractivity contribution is 0.166. The molecule has 5 heteroatoms. The molecule has 0 bridgehead atoms. The minimum absolute atomic E-state index is 0.0822. The fraction of sp³-hybridized carbons (Fsp3) is 0.520. The van der Waals surface area contributed by atoms with E-state index >= 15 is 0 Å². The van der Waals surface area contributed by atoms with E-state index in [1.54, 1.807) is 0 Å². The van der Waals surface area contributed by atoms with Gasteiger partial charge in [0.15, 0.2) is 0 Å². The predicted octanol–water partition coefficient (Wildman–Crippen LogP) is 5.55. The van der Waals surface area contributed by atoms with E-state index in [2.05, 4.69) is 26.0 Å². The van der Waals surface area contributed by atoms with E-state index in [9.17, 15) is 13.5 Å². The Bertz CT molecular complexity index is 967. The standard InChI is InChI=1S/C25H35NO3S/c1-15(2)20-13-21(16(3)4)25(22(14-20)17(5)6)30(28,29)26-18(7)23(26)24(27)19-11-9-8-10-12-19/h8-18,23-24,27H,1-7H3/t18-,23+,24-,26?/m1/s1. The first-order valence-corrected chi connectivity index (χ1v) is 12.4. The van der Waals surface area contributed by atoms with Gasteiger partial charge in [0.05, 0.1) is 17.0 Å². The van der Waals surface area contributed by atoms with Gasteiger partial charge in [-0.3, -0.25) is 0 Å². The molecule has 0 amide bonds. The molecule has 0 aliphatic carbocycles. The smallest absolute Gasteiger partial charge is 0.244 e. The zero-order valence-corrected chi connectivity index (χ0v) is 19.9. The van der Waals surface area contributed by atoms with Crippen LogP contribution in [0.3, 0.4) is 0 Å². The largest absolute Gasteiger partial charge is 0.387 e. The van der Waals surface area contributed by atoms with Crippen molar-refractivity contribution in [1.82, 2.24) is 4.31 Å². The number of aliphatic hydroxyl groups excluding tert-OH is 1. The minimum atomic E-state index is -3.74. The van der Waals surface area contributed by atoms with Gasteiger partial charge in [-0.25, -0.2) is 8.42 Å². The van der Waals surface area contributed by atoms with Crippen LogP contribution in [0.15, 0.2) is 47.4 Å². The number of rotatable bonds is 7. The Morgan fingerprint density at radius 2 is 1.33 bits per heavy atom. The summed E-state index contributed by atoms with van der Waals surface area (Å²) in [5.41, 5.74) is 3.66. The third kappa shape index (κ3) is 4.08. The lowest BCUT2D eigenvalue weighted by atomic mass is 9.89. The van der Waals surface area contributed by atoms with Crippen molar-refractivity contribution in [2.75, 3.05) is 0 Å². The van der Waals surface area contributed by atoms with Crippen LogP contribution in [-0.4, -0.2) is 29.9 Å². The van der Waals surface area contributed by atoms with Crippen molar-refractivity contribution in [2.24, 2.45) is 0 Å². The summed E-state index contributed by atoms with van der Waals surface area (Å²) < 4.78 is 29.3. The maximum atomic E-state index is 13.9. The van der Waals surface area contributed by atoms with Crippen LogP contribution in [0.1, 0.15) is 94.6 Å². The van der Waals surface area contributed by atoms with E-state index in [1.165, 1.54) is 9.87 Å². The number of sulfonamides is 1. The van der Waals surface area contributed by atoms with Crippen LogP contribution in [0.2, 0.25) is 0 Å². The van der Waals surface area contributed by atoms with Crippen molar-refractivity contribution < 1.29 is 13.5 Å². The maximum Gasteiger partial charge on any atom is 0.244 e. The number of nitrogens with zero attached hydrogens (tertiary/aromatic N) is 1. The fourth-order valence-corrected chi connectivity index (χ4v) is 6.78. The summed E-state index contributed by atoms with van der Waals surface area (Å²) in [4.78, 5) is 0.437. The Balaban J connectivity index is 2.10. The van der Waals surface area contributed by atoms with E-state index in [0.717, 1.165) is 16.7 Å². The summed E-state index contributed by atoms with van der Waals surface area (Å²) in [5, 5.41) is 10.9. The second-order valence-electron chi connectivity index (χ2n) is 9.41. The average Bonchev–Trinajstić information content (AvgIpc) is 3.38. The van der Waals surface area contributed by atoms with Crippen LogP contribution < -0.4 is 0 Å². The maximum absolute atomic E-state index is 13.9. The molecule has 4 nitrogen and oxygen atoms in total. The molecule has 1 aliphatic heterocycles. The Morgan fingerprint density at radius 1 is 0.833 bits per heavy atom. The summed E-state index contributed by atoms with van der Waals surface area (Å²) in [6.07, 6.45) is -0.837. The van der Waals surface area contributed by atoms with Crippen LogP contribution in [0.25, 0.3) is 0 Å². The minimum Gasteiger partial charge on any atom is -0.387 e. The van der Waals surface area contributed by atoms with Crippen LogP contribution in [-0.2, 0) is 10.0 Å². The quantitative estimate of drug-likeness (QED) is 0.587. The molecular formula is C25H35NO3S. The highest BCUT2D eigenvalue weighted by Crippen LogP contribution is 2.46. The first-order valence-electron chi connectivity index (χ1n) is 10.9. The molecule has 2 aromatic carbocycles. The SMILES string of the molecule is CC(C)c1cc(C(C)C)c(S(=O)(=O)N2[C@H]([C@H](O)c3ccccc3)[C@H]2C)c(C(C)C)c1. The van der Waals surface area contributed by atoms with E-state index in [4.69, 9.17) is 0 Å². The molecular weight excluding hydrogens is 394 g/mol. The van der Waals surface area contributed by atoms with Crippen LogP contribution in [0.4, 0.5) is 0 Å². The molecule has 0 aromatic heterocycles. The predicted molar refractivity (Wildman–Crippen MR) is 122 cm³/mol. The second-order valence-corrected chi connectivity index (χ2v) is 11.2. The van der Waals surface area contributed by atoms with E-state index in [0.29, 0.717) is 10.8 Å². The van der Waals surface area contributed by atoms with Crippen LogP contribution in [0.5, 0.6) is 0 Å². The topological polar surface area (TPSA) is 57.4 Å². The molecule has 0 spiro atoms. The van der Waals surface area contributed by atoms with Gasteiger partial charge in [0.1, 0.15) is 0 Å². The normalized spacial score (nSPS) is 22.7. The van der Waals surface area contributed by atoms with Crippen molar-refractivity contribution in [2.45, 2.75) is 89.3 Å². The molecule has 3 rings (SSSR count). The monoisotopic (exact) mass is 429 g/mol. The fourth-order valence-electron chi connectivity index (χ4n) is 4.27. The highest BCUT2D eigenvalue weighted by molar-refractivity contribution is 7.89. The molecule has 1 fully saturated rings. The number of benzene rings is 2. The average molecular weight is 430 g/mol. The Labute approximate surface area is 182 Å². The number of hydrogen-bond acceptors (Lipinski definition) is 3. The van der Waals surface area contributed by atoms with E-state index in [1.807, 2.05) is 65.0 Å². The van der Waals surface area contributed by atoms with Gasteiger partial charge in [-0.2, -0.15) is 4.31 Å². The van der Waals surface area contributed by atoms with Gasteiger partial charge < -0.3 is 5.11 Å². The van der Waals surface area contributed by atoms with Crippen molar-refractivity contribution in [3.63, 3.8) is 0 Å². The lowest BCUT2D eigenvalue weighted by Crippen LogP contribution is -2.22. The van der Waals surface area contributed by atoms with Crippen LogP contribution in [0, 0.1) is 0 Å². The van der Waals surface area contributed by atoms with Gasteiger partial charge in [-0.1, -0.05) is 84.0 Å². The van der Waals surface area contributed by atoms with Crippen LogP contribution >= 0.6 is 0 Å². The highest BCUT2D eigenvalue weighted by Gasteiger charge is 2.57. The molecule has 30 heavy (non-hydrogen) atoms. The molecule has 164 valence electrons. The van der Waals surface area contributed by atoms with Gasteiger partial charge in [-0.05, 0) is 46.9 Å². The van der Waals surface area contributed by atoms with Gasteiger partial charge in [-0.15, -0.1) is 0 Å². The molecule has 1 unspecified atom stereocenters. The van der Waals surface area contributed by atoms with Gasteiger partial charge in [0.25, 0.3) is 0 Å². The molecule has 4 atom stereocenters. The zero-order chi connectivity index (χ0) is 22.4. The molecule has 0 saturated carbocycles.